The molecule has 1 saturated heterocycles. The Morgan fingerprint density at radius 2 is 1.80 bits per heavy atom. The standard InChI is InChI=1S/C27H34N6O5S2/c1-3-38-25-21-9-4-5-10-23(21)39-24(25)17-30-40(36,37)31-22(16-19-7-6-8-20(15-19)26(28)29)27(35)33-13-11-32(12-14-33)18(2)34/h4-10,15,22,30-31H,3,11-14,16-17H2,1-2H3,(H3,28,29). The Balaban J connectivity index is 1.54. The van der Waals surface area contributed by atoms with E-state index in [2.05, 4.69) is 9.44 Å². The molecule has 11 nitrogen and oxygen atoms in total. The molecule has 1 fully saturated rings. The van der Waals surface area contributed by atoms with Crippen molar-refractivity contribution < 1.29 is 22.7 Å². The molecule has 1 atom stereocenters. The zero-order valence-corrected chi connectivity index (χ0v) is 24.1. The molecule has 1 aliphatic heterocycles. The maximum Gasteiger partial charge on any atom is 0.277 e. The van der Waals surface area contributed by atoms with Crippen LogP contribution in [0.2, 0.25) is 0 Å². The molecule has 4 rings (SSSR count). The van der Waals surface area contributed by atoms with Crippen LogP contribution < -0.4 is 19.9 Å². The van der Waals surface area contributed by atoms with Gasteiger partial charge in [-0.25, -0.2) is 0 Å². The Kier molecular flexibility index (Phi) is 9.40. The number of amidine groups is 1. The van der Waals surface area contributed by atoms with Crippen LogP contribution in [0.4, 0.5) is 0 Å². The van der Waals surface area contributed by atoms with Crippen LogP contribution in [0.25, 0.3) is 10.1 Å². The van der Waals surface area contributed by atoms with E-state index in [-0.39, 0.29) is 24.7 Å². The highest BCUT2D eigenvalue weighted by molar-refractivity contribution is 7.87. The number of benzene rings is 2. The van der Waals surface area contributed by atoms with Gasteiger partial charge < -0.3 is 20.3 Å². The van der Waals surface area contributed by atoms with Crippen LogP contribution in [0.5, 0.6) is 5.75 Å². The molecule has 3 aromatic rings. The average Bonchev–Trinajstić information content (AvgIpc) is 3.29. The highest BCUT2D eigenvalue weighted by Crippen LogP contribution is 2.37. The second-order valence-electron chi connectivity index (χ2n) is 9.43. The number of nitrogen functional groups attached to an aromatic ring is 1. The molecule has 214 valence electrons. The van der Waals surface area contributed by atoms with Crippen LogP contribution in [0, 0.1) is 5.41 Å². The highest BCUT2D eigenvalue weighted by Gasteiger charge is 2.31. The van der Waals surface area contributed by atoms with Gasteiger partial charge in [-0.05, 0) is 37.1 Å². The average molecular weight is 587 g/mol. The number of rotatable bonds is 11. The van der Waals surface area contributed by atoms with E-state index in [4.69, 9.17) is 15.9 Å². The number of nitrogens with zero attached hydrogens (tertiary/aromatic N) is 2. The fourth-order valence-corrected chi connectivity index (χ4v) is 6.78. The zero-order valence-electron chi connectivity index (χ0n) is 22.5. The van der Waals surface area contributed by atoms with E-state index in [9.17, 15) is 18.0 Å². The van der Waals surface area contributed by atoms with Gasteiger partial charge in [0.2, 0.25) is 11.8 Å². The number of ether oxygens (including phenoxy) is 1. The van der Waals surface area contributed by atoms with Crippen molar-refractivity contribution in [1.29, 1.82) is 5.41 Å². The molecule has 0 radical (unpaired) electrons. The molecule has 1 aliphatic rings. The summed E-state index contributed by atoms with van der Waals surface area (Å²) in [6, 6.07) is 13.4. The molecule has 5 N–H and O–H groups in total. The molecule has 0 aliphatic carbocycles. The first-order valence-corrected chi connectivity index (χ1v) is 15.3. The first-order valence-electron chi connectivity index (χ1n) is 13.0. The van der Waals surface area contributed by atoms with Crippen LogP contribution in [-0.2, 0) is 32.8 Å². The third kappa shape index (κ3) is 7.16. The minimum atomic E-state index is -4.13. The summed E-state index contributed by atoms with van der Waals surface area (Å²) in [4.78, 5) is 29.3. The molecule has 2 heterocycles. The molecule has 0 saturated carbocycles. The Morgan fingerprint density at radius 1 is 1.10 bits per heavy atom. The number of nitrogens with one attached hydrogen (secondary N) is 3. The SMILES string of the molecule is CCOc1c(CNS(=O)(=O)NC(Cc2cccc(C(=N)N)c2)C(=O)N2CCN(C(C)=O)CC2)sc2ccccc12. The Hall–Kier alpha value is -3.52. The summed E-state index contributed by atoms with van der Waals surface area (Å²) in [6.07, 6.45) is 0.0564. The van der Waals surface area contributed by atoms with Gasteiger partial charge in [0.1, 0.15) is 17.6 Å². The number of amides is 2. The second kappa shape index (κ2) is 12.8. The summed E-state index contributed by atoms with van der Waals surface area (Å²) >= 11 is 1.44. The fourth-order valence-electron chi connectivity index (χ4n) is 4.62. The number of hydrogen-bond donors (Lipinski definition) is 4. The number of fused-ring (bicyclic) bond motifs is 1. The van der Waals surface area contributed by atoms with Crippen molar-refractivity contribution in [2.24, 2.45) is 5.73 Å². The molecule has 1 unspecified atom stereocenters. The van der Waals surface area contributed by atoms with Crippen molar-refractivity contribution in [3.8, 4) is 5.75 Å². The normalized spacial score (nSPS) is 14.8. The van der Waals surface area contributed by atoms with Gasteiger partial charge in [-0.2, -0.15) is 17.9 Å². The van der Waals surface area contributed by atoms with E-state index in [0.29, 0.717) is 49.7 Å². The van der Waals surface area contributed by atoms with Gasteiger partial charge in [0.15, 0.2) is 0 Å². The van der Waals surface area contributed by atoms with E-state index in [1.54, 1.807) is 34.1 Å². The Morgan fingerprint density at radius 3 is 2.48 bits per heavy atom. The van der Waals surface area contributed by atoms with Crippen molar-refractivity contribution in [3.63, 3.8) is 0 Å². The van der Waals surface area contributed by atoms with E-state index in [0.717, 1.165) is 15.0 Å². The van der Waals surface area contributed by atoms with Crippen LogP contribution in [0.3, 0.4) is 0 Å². The van der Waals surface area contributed by atoms with Crippen molar-refractivity contribution in [2.45, 2.75) is 32.9 Å². The molecule has 0 bridgehead atoms. The quantitative estimate of drug-likeness (QED) is 0.198. The fraction of sp³-hybridized carbons (Fsp3) is 0.370. The summed E-state index contributed by atoms with van der Waals surface area (Å²) in [5.74, 6) is 0.0597. The van der Waals surface area contributed by atoms with Crippen LogP contribution in [0.15, 0.2) is 48.5 Å². The molecule has 13 heteroatoms. The van der Waals surface area contributed by atoms with Gasteiger partial charge in [-0.1, -0.05) is 30.3 Å². The highest BCUT2D eigenvalue weighted by atomic mass is 32.2. The van der Waals surface area contributed by atoms with Gasteiger partial charge in [0, 0.05) is 55.3 Å². The minimum Gasteiger partial charge on any atom is -0.492 e. The second-order valence-corrected chi connectivity index (χ2v) is 12.1. The lowest BCUT2D eigenvalue weighted by atomic mass is 10.0. The smallest absolute Gasteiger partial charge is 0.277 e. The van der Waals surface area contributed by atoms with Gasteiger partial charge in [-0.3, -0.25) is 15.0 Å². The molecule has 2 amide bonds. The third-order valence-electron chi connectivity index (χ3n) is 6.64. The Bertz CT molecular complexity index is 1500. The van der Waals surface area contributed by atoms with Crippen molar-refractivity contribution in [2.75, 3.05) is 32.8 Å². The Labute approximate surface area is 238 Å². The topological polar surface area (TPSA) is 158 Å². The van der Waals surface area contributed by atoms with E-state index in [1.807, 2.05) is 31.2 Å². The molecule has 2 aromatic carbocycles. The lowest BCUT2D eigenvalue weighted by Crippen LogP contribution is -2.57. The number of carbonyl (C=O) groups excluding carboxylic acids is 2. The molecular weight excluding hydrogens is 552 g/mol. The summed E-state index contributed by atoms with van der Waals surface area (Å²) in [5.41, 5.74) is 6.76. The third-order valence-corrected chi connectivity index (χ3v) is 8.91. The number of thiophene rings is 1. The van der Waals surface area contributed by atoms with Crippen molar-refractivity contribution in [3.05, 3.63) is 64.5 Å². The van der Waals surface area contributed by atoms with Crippen LogP contribution in [0.1, 0.15) is 29.9 Å². The van der Waals surface area contributed by atoms with Crippen LogP contribution in [-0.4, -0.2) is 74.7 Å². The maximum absolute atomic E-state index is 13.6. The van der Waals surface area contributed by atoms with Gasteiger partial charge in [0.05, 0.1) is 11.5 Å². The number of piperazine rings is 1. The summed E-state index contributed by atoms with van der Waals surface area (Å²) < 4.78 is 38.4. The van der Waals surface area contributed by atoms with Gasteiger partial charge in [0.25, 0.3) is 10.2 Å². The predicted octanol–water partition coefficient (Wildman–Crippen LogP) is 1.81. The summed E-state index contributed by atoms with van der Waals surface area (Å²) in [6.45, 7) is 5.14. The minimum absolute atomic E-state index is 0.0119. The van der Waals surface area contributed by atoms with E-state index < -0.39 is 22.2 Å². The summed E-state index contributed by atoms with van der Waals surface area (Å²) in [5, 5.41) is 8.64. The lowest BCUT2D eigenvalue weighted by molar-refractivity contribution is -0.139. The zero-order chi connectivity index (χ0) is 28.9. The van der Waals surface area contributed by atoms with Crippen LogP contribution >= 0.6 is 11.3 Å². The van der Waals surface area contributed by atoms with Gasteiger partial charge in [-0.15, -0.1) is 11.3 Å². The number of hydrogen-bond acceptors (Lipinski definition) is 7. The number of nitrogens with two attached hydrogens (primary N) is 1. The van der Waals surface area contributed by atoms with E-state index >= 15 is 0 Å². The predicted molar refractivity (Wildman–Crippen MR) is 156 cm³/mol. The van der Waals surface area contributed by atoms with E-state index in [1.165, 1.54) is 18.3 Å². The van der Waals surface area contributed by atoms with Crippen molar-refractivity contribution >= 4 is 49.3 Å². The van der Waals surface area contributed by atoms with Gasteiger partial charge >= 0.3 is 0 Å². The molecular formula is C27H34N6O5S2. The molecule has 0 spiro atoms. The summed E-state index contributed by atoms with van der Waals surface area (Å²) in [7, 11) is -4.13. The first-order chi connectivity index (χ1) is 19.1. The molecule has 40 heavy (non-hydrogen) atoms. The maximum atomic E-state index is 13.6. The largest absolute Gasteiger partial charge is 0.492 e. The lowest BCUT2D eigenvalue weighted by Gasteiger charge is -2.36. The first kappa shape index (κ1) is 29.5. The molecule has 1 aromatic heterocycles. The number of carbonyl (C=O) groups is 2. The van der Waals surface area contributed by atoms with Crippen molar-refractivity contribution in [1.82, 2.24) is 19.2 Å². The monoisotopic (exact) mass is 586 g/mol.